The van der Waals surface area contributed by atoms with E-state index in [1.165, 1.54) is 30.5 Å². The van der Waals surface area contributed by atoms with Gasteiger partial charge in [-0.15, -0.1) is 0 Å². The molecule has 0 aromatic heterocycles. The summed E-state index contributed by atoms with van der Waals surface area (Å²) in [5.74, 6) is -0.479. The van der Waals surface area contributed by atoms with E-state index in [1.54, 1.807) is 0 Å². The SMILES string of the molecule is O=C(NCCc1ccccc1)C1CC1C(=O)Nc1ccc(N2CCCCC2)cc1. The minimum atomic E-state index is -0.214. The Morgan fingerprint density at radius 2 is 1.55 bits per heavy atom. The molecular weight excluding hydrogens is 362 g/mol. The molecule has 2 fully saturated rings. The first kappa shape index (κ1) is 19.5. The lowest BCUT2D eigenvalue weighted by Crippen LogP contribution is -2.29. The summed E-state index contributed by atoms with van der Waals surface area (Å²) in [5, 5.41) is 5.92. The van der Waals surface area contributed by atoms with E-state index in [0.717, 1.165) is 25.2 Å². The molecule has 2 amide bonds. The van der Waals surface area contributed by atoms with Gasteiger partial charge in [-0.3, -0.25) is 9.59 Å². The minimum absolute atomic E-state index is 0.0125. The number of benzene rings is 2. The van der Waals surface area contributed by atoms with Gasteiger partial charge in [0.1, 0.15) is 0 Å². The highest BCUT2D eigenvalue weighted by atomic mass is 16.2. The van der Waals surface area contributed by atoms with E-state index in [-0.39, 0.29) is 23.7 Å². The first-order valence-corrected chi connectivity index (χ1v) is 10.7. The maximum absolute atomic E-state index is 12.5. The smallest absolute Gasteiger partial charge is 0.228 e. The van der Waals surface area contributed by atoms with Crippen LogP contribution >= 0.6 is 0 Å². The second-order valence-corrected chi connectivity index (χ2v) is 8.06. The third kappa shape index (κ3) is 5.17. The first-order chi connectivity index (χ1) is 14.2. The molecule has 0 bridgehead atoms. The fourth-order valence-corrected chi connectivity index (χ4v) is 4.02. The van der Waals surface area contributed by atoms with Crippen molar-refractivity contribution < 1.29 is 9.59 Å². The molecule has 2 aromatic carbocycles. The van der Waals surface area contributed by atoms with Crippen LogP contribution in [0.4, 0.5) is 11.4 Å². The summed E-state index contributed by atoms with van der Waals surface area (Å²) in [7, 11) is 0. The van der Waals surface area contributed by atoms with Crippen molar-refractivity contribution in [3.8, 4) is 0 Å². The summed E-state index contributed by atoms with van der Waals surface area (Å²) < 4.78 is 0. The number of nitrogens with one attached hydrogen (secondary N) is 2. The van der Waals surface area contributed by atoms with Crippen LogP contribution in [0.2, 0.25) is 0 Å². The molecule has 0 spiro atoms. The number of hydrogen-bond acceptors (Lipinski definition) is 3. The van der Waals surface area contributed by atoms with Gasteiger partial charge in [0.05, 0.1) is 11.8 Å². The zero-order valence-corrected chi connectivity index (χ0v) is 16.8. The van der Waals surface area contributed by atoms with E-state index in [0.29, 0.717) is 13.0 Å². The Hall–Kier alpha value is -2.82. The molecule has 1 saturated carbocycles. The van der Waals surface area contributed by atoms with Gasteiger partial charge < -0.3 is 15.5 Å². The number of piperidine rings is 1. The number of hydrogen-bond donors (Lipinski definition) is 2. The molecule has 29 heavy (non-hydrogen) atoms. The van der Waals surface area contributed by atoms with Gasteiger partial charge in [0.25, 0.3) is 0 Å². The highest BCUT2D eigenvalue weighted by molar-refractivity contribution is 5.99. The number of rotatable bonds is 7. The molecule has 2 unspecified atom stereocenters. The first-order valence-electron chi connectivity index (χ1n) is 10.7. The predicted octanol–water partition coefficient (Wildman–Crippen LogP) is 3.61. The summed E-state index contributed by atoms with van der Waals surface area (Å²) >= 11 is 0. The van der Waals surface area contributed by atoms with Crippen LogP contribution in [-0.4, -0.2) is 31.4 Å². The Morgan fingerprint density at radius 3 is 2.28 bits per heavy atom. The van der Waals surface area contributed by atoms with Gasteiger partial charge in [0, 0.05) is 31.0 Å². The van der Waals surface area contributed by atoms with E-state index >= 15 is 0 Å². The topological polar surface area (TPSA) is 61.4 Å². The Labute approximate surface area is 172 Å². The molecule has 5 nitrogen and oxygen atoms in total. The molecule has 1 heterocycles. The fourth-order valence-electron chi connectivity index (χ4n) is 4.02. The molecule has 5 heteroatoms. The number of nitrogens with zero attached hydrogens (tertiary/aromatic N) is 1. The summed E-state index contributed by atoms with van der Waals surface area (Å²) in [6, 6.07) is 18.1. The lowest BCUT2D eigenvalue weighted by Gasteiger charge is -2.28. The van der Waals surface area contributed by atoms with Crippen molar-refractivity contribution in [1.82, 2.24) is 5.32 Å². The quantitative estimate of drug-likeness (QED) is 0.758. The molecule has 2 aromatic rings. The van der Waals surface area contributed by atoms with Crippen LogP contribution in [0, 0.1) is 11.8 Å². The monoisotopic (exact) mass is 391 g/mol. The number of anilines is 2. The van der Waals surface area contributed by atoms with Crippen LogP contribution < -0.4 is 15.5 Å². The van der Waals surface area contributed by atoms with Crippen molar-refractivity contribution in [3.63, 3.8) is 0 Å². The molecule has 1 saturated heterocycles. The lowest BCUT2D eigenvalue weighted by atomic mass is 10.1. The number of amides is 2. The van der Waals surface area contributed by atoms with Gasteiger partial charge >= 0.3 is 0 Å². The highest BCUT2D eigenvalue weighted by Crippen LogP contribution is 2.39. The minimum Gasteiger partial charge on any atom is -0.372 e. The van der Waals surface area contributed by atoms with Crippen molar-refractivity contribution in [2.45, 2.75) is 32.1 Å². The average molecular weight is 392 g/mol. The van der Waals surface area contributed by atoms with Gasteiger partial charge in [-0.05, 0) is 61.9 Å². The van der Waals surface area contributed by atoms with Crippen LogP contribution in [0.1, 0.15) is 31.2 Å². The van der Waals surface area contributed by atoms with E-state index in [1.807, 2.05) is 30.3 Å². The van der Waals surface area contributed by atoms with Gasteiger partial charge in [-0.25, -0.2) is 0 Å². The van der Waals surface area contributed by atoms with Gasteiger partial charge in [0.15, 0.2) is 0 Å². The Morgan fingerprint density at radius 1 is 0.862 bits per heavy atom. The largest absolute Gasteiger partial charge is 0.372 e. The zero-order chi connectivity index (χ0) is 20.1. The maximum Gasteiger partial charge on any atom is 0.228 e. The van der Waals surface area contributed by atoms with Crippen LogP contribution in [0.15, 0.2) is 54.6 Å². The van der Waals surface area contributed by atoms with Crippen molar-refractivity contribution in [2.24, 2.45) is 11.8 Å². The van der Waals surface area contributed by atoms with Gasteiger partial charge in [-0.2, -0.15) is 0 Å². The Balaban J connectivity index is 1.21. The molecule has 2 N–H and O–H groups in total. The average Bonchev–Trinajstić information content (AvgIpc) is 3.57. The van der Waals surface area contributed by atoms with E-state index in [2.05, 4.69) is 39.8 Å². The summed E-state index contributed by atoms with van der Waals surface area (Å²) in [6.45, 7) is 2.81. The normalized spacial score (nSPS) is 20.8. The molecule has 1 aliphatic heterocycles. The molecule has 2 atom stereocenters. The number of carbonyl (C=O) groups excluding carboxylic acids is 2. The molecular formula is C24H29N3O2. The lowest BCUT2D eigenvalue weighted by molar-refractivity contribution is -0.125. The zero-order valence-electron chi connectivity index (χ0n) is 16.8. The maximum atomic E-state index is 12.5. The second kappa shape index (κ2) is 9.12. The molecule has 2 aliphatic rings. The van der Waals surface area contributed by atoms with E-state index < -0.39 is 0 Å². The standard InChI is InChI=1S/C24H29N3O2/c28-23(25-14-13-18-7-3-1-4-8-18)21-17-22(21)24(29)26-19-9-11-20(12-10-19)27-15-5-2-6-16-27/h1,3-4,7-12,21-22H,2,5-6,13-17H2,(H,25,28)(H,26,29). The van der Waals surface area contributed by atoms with Crippen LogP contribution in [0.5, 0.6) is 0 Å². The Kier molecular flexibility index (Phi) is 6.13. The molecule has 1 aliphatic carbocycles. The van der Waals surface area contributed by atoms with Crippen molar-refractivity contribution in [3.05, 3.63) is 60.2 Å². The molecule has 0 radical (unpaired) electrons. The van der Waals surface area contributed by atoms with Crippen molar-refractivity contribution >= 4 is 23.2 Å². The summed E-state index contributed by atoms with van der Waals surface area (Å²) in [6.07, 6.45) is 5.24. The van der Waals surface area contributed by atoms with E-state index in [4.69, 9.17) is 0 Å². The summed E-state index contributed by atoms with van der Waals surface area (Å²) in [5.41, 5.74) is 3.21. The fraction of sp³-hybridized carbons (Fsp3) is 0.417. The summed E-state index contributed by atoms with van der Waals surface area (Å²) in [4.78, 5) is 27.2. The molecule has 152 valence electrons. The van der Waals surface area contributed by atoms with Gasteiger partial charge in [0.2, 0.25) is 11.8 Å². The van der Waals surface area contributed by atoms with Crippen molar-refractivity contribution in [2.75, 3.05) is 29.9 Å². The second-order valence-electron chi connectivity index (χ2n) is 8.06. The van der Waals surface area contributed by atoms with Gasteiger partial charge in [-0.1, -0.05) is 30.3 Å². The number of carbonyl (C=O) groups is 2. The van der Waals surface area contributed by atoms with E-state index in [9.17, 15) is 9.59 Å². The predicted molar refractivity (Wildman–Crippen MR) is 116 cm³/mol. The highest BCUT2D eigenvalue weighted by Gasteiger charge is 2.47. The van der Waals surface area contributed by atoms with Crippen LogP contribution in [0.3, 0.4) is 0 Å². The van der Waals surface area contributed by atoms with Crippen LogP contribution in [0.25, 0.3) is 0 Å². The Bertz CT molecular complexity index is 829. The third-order valence-corrected chi connectivity index (χ3v) is 5.88. The van der Waals surface area contributed by atoms with Crippen molar-refractivity contribution in [1.29, 1.82) is 0 Å². The van der Waals surface area contributed by atoms with Crippen LogP contribution in [-0.2, 0) is 16.0 Å². The third-order valence-electron chi connectivity index (χ3n) is 5.88. The molecule has 4 rings (SSSR count).